The quantitative estimate of drug-likeness (QED) is 0.601. The van der Waals surface area contributed by atoms with Gasteiger partial charge in [-0.2, -0.15) is 0 Å². The minimum Gasteiger partial charge on any atom is -0.373 e. The molecule has 3 heterocycles. The van der Waals surface area contributed by atoms with E-state index in [2.05, 4.69) is 15.3 Å². The van der Waals surface area contributed by atoms with Gasteiger partial charge in [-0.25, -0.2) is 22.4 Å². The normalized spacial score (nSPS) is 11.6. The molecule has 0 spiro atoms. The van der Waals surface area contributed by atoms with Gasteiger partial charge in [0.25, 0.3) is 10.0 Å². The Bertz CT molecular complexity index is 1180. The minimum absolute atomic E-state index is 0.222. The molecule has 6 nitrogen and oxygen atoms in total. The molecule has 7 heteroatoms. The molecule has 130 valence electrons. The number of benzene rings is 1. The molecule has 1 N–H and O–H groups in total. The molecule has 0 aliphatic heterocycles. The van der Waals surface area contributed by atoms with Crippen LogP contribution in [0.25, 0.3) is 22.2 Å². The summed E-state index contributed by atoms with van der Waals surface area (Å²) in [6, 6.07) is 15.7. The predicted octanol–water partition coefficient (Wildman–Crippen LogP) is 3.38. The van der Waals surface area contributed by atoms with Crippen LogP contribution < -0.4 is 5.32 Å². The van der Waals surface area contributed by atoms with Crippen LogP contribution in [0.3, 0.4) is 0 Å². The molecular weight excluding hydrogens is 348 g/mol. The van der Waals surface area contributed by atoms with Crippen molar-refractivity contribution in [1.82, 2.24) is 13.9 Å². The number of nitrogens with one attached hydrogen (secondary N) is 1. The average Bonchev–Trinajstić information content (AvgIpc) is 3.09. The lowest BCUT2D eigenvalue weighted by molar-refractivity contribution is 0.589. The number of aromatic nitrogens is 3. The van der Waals surface area contributed by atoms with Crippen molar-refractivity contribution in [2.75, 3.05) is 12.4 Å². The van der Waals surface area contributed by atoms with Crippen LogP contribution in [-0.2, 0) is 10.0 Å². The molecule has 0 aliphatic carbocycles. The predicted molar refractivity (Wildman–Crippen MR) is 102 cm³/mol. The van der Waals surface area contributed by atoms with Gasteiger partial charge < -0.3 is 5.32 Å². The number of pyridine rings is 2. The van der Waals surface area contributed by atoms with Crippen molar-refractivity contribution in [3.8, 4) is 11.1 Å². The minimum atomic E-state index is -3.75. The third kappa shape index (κ3) is 2.62. The van der Waals surface area contributed by atoms with Gasteiger partial charge in [-0.1, -0.05) is 18.2 Å². The van der Waals surface area contributed by atoms with E-state index in [1.165, 1.54) is 3.97 Å². The summed E-state index contributed by atoms with van der Waals surface area (Å²) in [5, 5.41) is 3.76. The summed E-state index contributed by atoms with van der Waals surface area (Å²) < 4.78 is 27.5. The van der Waals surface area contributed by atoms with Gasteiger partial charge in [0.05, 0.1) is 4.90 Å². The molecule has 0 unspecified atom stereocenters. The molecule has 0 radical (unpaired) electrons. The number of hydrogen-bond acceptors (Lipinski definition) is 5. The van der Waals surface area contributed by atoms with E-state index >= 15 is 0 Å². The third-order valence-electron chi connectivity index (χ3n) is 4.16. The van der Waals surface area contributed by atoms with Crippen LogP contribution in [0.5, 0.6) is 0 Å². The molecular formula is C19H16N4O2S. The lowest BCUT2D eigenvalue weighted by Crippen LogP contribution is -2.12. The second kappa shape index (κ2) is 6.27. The van der Waals surface area contributed by atoms with E-state index in [1.807, 2.05) is 18.2 Å². The standard InChI is InChI=1S/C19H16N4O2S/c1-20-18-12-14(9-11-21-18)17-13-23(19-16(17)8-5-10-22-19)26(24,25)15-6-3-2-4-7-15/h2-13H,1H3,(H,20,21). The van der Waals surface area contributed by atoms with Crippen molar-refractivity contribution < 1.29 is 8.42 Å². The van der Waals surface area contributed by atoms with Crippen molar-refractivity contribution >= 4 is 26.9 Å². The highest BCUT2D eigenvalue weighted by Crippen LogP contribution is 2.32. The first-order valence-corrected chi connectivity index (χ1v) is 9.46. The van der Waals surface area contributed by atoms with E-state index in [0.717, 1.165) is 16.5 Å². The number of rotatable bonds is 4. The summed E-state index contributed by atoms with van der Waals surface area (Å²) in [5.41, 5.74) is 2.05. The lowest BCUT2D eigenvalue weighted by atomic mass is 10.1. The molecule has 0 atom stereocenters. The maximum atomic E-state index is 13.1. The number of fused-ring (bicyclic) bond motifs is 1. The lowest BCUT2D eigenvalue weighted by Gasteiger charge is -2.06. The van der Waals surface area contributed by atoms with Gasteiger partial charge in [-0.3, -0.25) is 0 Å². The van der Waals surface area contributed by atoms with E-state index < -0.39 is 10.0 Å². The Morgan fingerprint density at radius 3 is 2.54 bits per heavy atom. The van der Waals surface area contributed by atoms with Crippen LogP contribution in [0.2, 0.25) is 0 Å². The van der Waals surface area contributed by atoms with Crippen LogP contribution in [0.15, 0.2) is 78.1 Å². The highest BCUT2D eigenvalue weighted by molar-refractivity contribution is 7.90. The second-order valence-electron chi connectivity index (χ2n) is 5.71. The number of hydrogen-bond donors (Lipinski definition) is 1. The fourth-order valence-electron chi connectivity index (χ4n) is 2.88. The van der Waals surface area contributed by atoms with E-state index in [9.17, 15) is 8.42 Å². The van der Waals surface area contributed by atoms with E-state index in [1.54, 1.807) is 62.0 Å². The molecule has 3 aromatic heterocycles. The van der Waals surface area contributed by atoms with Gasteiger partial charge in [-0.05, 0) is 42.0 Å². The first-order valence-electron chi connectivity index (χ1n) is 8.02. The van der Waals surface area contributed by atoms with Crippen LogP contribution in [0.1, 0.15) is 0 Å². The summed E-state index contributed by atoms with van der Waals surface area (Å²) in [7, 11) is -1.96. The monoisotopic (exact) mass is 364 g/mol. The van der Waals surface area contributed by atoms with Crippen molar-refractivity contribution in [2.24, 2.45) is 0 Å². The Hall–Kier alpha value is -3.19. The van der Waals surface area contributed by atoms with E-state index in [4.69, 9.17) is 0 Å². The maximum Gasteiger partial charge on any atom is 0.269 e. The van der Waals surface area contributed by atoms with Crippen LogP contribution >= 0.6 is 0 Å². The summed E-state index contributed by atoms with van der Waals surface area (Å²) in [5.74, 6) is 0.707. The zero-order chi connectivity index (χ0) is 18.1. The van der Waals surface area contributed by atoms with Crippen molar-refractivity contribution in [2.45, 2.75) is 4.90 Å². The highest BCUT2D eigenvalue weighted by Gasteiger charge is 2.22. The first kappa shape index (κ1) is 16.3. The number of nitrogens with zero attached hydrogens (tertiary/aromatic N) is 3. The molecule has 1 aromatic carbocycles. The second-order valence-corrected chi connectivity index (χ2v) is 7.53. The summed E-state index contributed by atoms with van der Waals surface area (Å²) >= 11 is 0. The van der Waals surface area contributed by atoms with Gasteiger partial charge in [0.1, 0.15) is 5.82 Å². The van der Waals surface area contributed by atoms with Crippen molar-refractivity contribution in [3.05, 3.63) is 73.2 Å². The average molecular weight is 364 g/mol. The maximum absolute atomic E-state index is 13.1. The highest BCUT2D eigenvalue weighted by atomic mass is 32.2. The van der Waals surface area contributed by atoms with Crippen molar-refractivity contribution in [1.29, 1.82) is 0 Å². The van der Waals surface area contributed by atoms with Gasteiger partial charge in [-0.15, -0.1) is 0 Å². The van der Waals surface area contributed by atoms with Crippen LogP contribution in [0, 0.1) is 0 Å². The molecule has 0 amide bonds. The molecule has 4 aromatic rings. The fraction of sp³-hybridized carbons (Fsp3) is 0.0526. The fourth-order valence-corrected chi connectivity index (χ4v) is 4.23. The SMILES string of the molecule is CNc1cc(-c2cn(S(=O)(=O)c3ccccc3)c3ncccc23)ccn1. The Labute approximate surface area is 151 Å². The van der Waals surface area contributed by atoms with Gasteiger partial charge >= 0.3 is 0 Å². The smallest absolute Gasteiger partial charge is 0.269 e. The first-order chi connectivity index (χ1) is 12.6. The molecule has 0 saturated heterocycles. The molecule has 0 aliphatic rings. The summed E-state index contributed by atoms with van der Waals surface area (Å²) in [6.07, 6.45) is 4.90. The molecule has 0 bridgehead atoms. The zero-order valence-electron chi connectivity index (χ0n) is 14.0. The summed E-state index contributed by atoms with van der Waals surface area (Å²) in [4.78, 5) is 8.75. The van der Waals surface area contributed by atoms with Gasteiger partial charge in [0.15, 0.2) is 5.65 Å². The third-order valence-corrected chi connectivity index (χ3v) is 5.82. The van der Waals surface area contributed by atoms with Gasteiger partial charge in [0.2, 0.25) is 0 Å². The molecule has 0 fully saturated rings. The van der Waals surface area contributed by atoms with E-state index in [-0.39, 0.29) is 4.90 Å². The van der Waals surface area contributed by atoms with E-state index in [0.29, 0.717) is 11.5 Å². The molecule has 4 rings (SSSR count). The Kier molecular flexibility index (Phi) is 3.93. The van der Waals surface area contributed by atoms with Gasteiger partial charge in [0, 0.05) is 36.6 Å². The van der Waals surface area contributed by atoms with Crippen LogP contribution in [0.4, 0.5) is 5.82 Å². The Balaban J connectivity index is 1.98. The zero-order valence-corrected chi connectivity index (χ0v) is 14.8. The molecule has 0 saturated carbocycles. The Morgan fingerprint density at radius 1 is 0.962 bits per heavy atom. The Morgan fingerprint density at radius 2 is 1.77 bits per heavy atom. The van der Waals surface area contributed by atoms with Crippen molar-refractivity contribution in [3.63, 3.8) is 0 Å². The topological polar surface area (TPSA) is 76.9 Å². The molecule has 26 heavy (non-hydrogen) atoms. The number of anilines is 1. The largest absolute Gasteiger partial charge is 0.373 e. The summed E-state index contributed by atoms with van der Waals surface area (Å²) in [6.45, 7) is 0. The van der Waals surface area contributed by atoms with Crippen LogP contribution in [-0.4, -0.2) is 29.4 Å².